The smallest absolute Gasteiger partial charge is 0.246 e. The number of benzene rings is 1. The van der Waals surface area contributed by atoms with E-state index in [0.717, 1.165) is 30.0 Å². The summed E-state index contributed by atoms with van der Waals surface area (Å²) in [5, 5.41) is 3.46. The molecule has 5 heteroatoms. The van der Waals surface area contributed by atoms with Crippen molar-refractivity contribution in [2.75, 3.05) is 25.6 Å². The highest BCUT2D eigenvalue weighted by atomic mass is 16.7. The highest BCUT2D eigenvalue weighted by molar-refractivity contribution is 5.56. The zero-order valence-corrected chi connectivity index (χ0v) is 12.4. The summed E-state index contributed by atoms with van der Waals surface area (Å²) in [5.74, 6) is 0.965. The second-order valence-corrected chi connectivity index (χ2v) is 5.49. The molecule has 0 bridgehead atoms. The molecule has 1 aliphatic rings. The number of fused-ring (bicyclic) bond motifs is 1. The van der Waals surface area contributed by atoms with Crippen molar-refractivity contribution in [2.24, 2.45) is 5.73 Å². The van der Waals surface area contributed by atoms with E-state index in [1.807, 2.05) is 32.0 Å². The Morgan fingerprint density at radius 1 is 1.30 bits per heavy atom. The van der Waals surface area contributed by atoms with Crippen molar-refractivity contribution in [2.45, 2.75) is 38.5 Å². The molecular weight excluding hydrogens is 256 g/mol. The van der Waals surface area contributed by atoms with Gasteiger partial charge in [0.25, 0.3) is 0 Å². The fraction of sp³-hybridized carbons (Fsp3) is 0.600. The molecule has 1 aromatic rings. The molecule has 0 saturated heterocycles. The lowest BCUT2D eigenvalue weighted by Crippen LogP contribution is -2.29. The van der Waals surface area contributed by atoms with Gasteiger partial charge in [-0.3, -0.25) is 0 Å². The Hall–Kier alpha value is -1.46. The fourth-order valence-electron chi connectivity index (χ4n) is 2.31. The first-order chi connectivity index (χ1) is 9.54. The first kappa shape index (κ1) is 14.9. The van der Waals surface area contributed by atoms with Gasteiger partial charge in [0.1, 0.15) is 0 Å². The van der Waals surface area contributed by atoms with Crippen LogP contribution in [0.2, 0.25) is 0 Å². The number of ether oxygens (including phenoxy) is 3. The number of methoxy groups -OCH3 is 1. The maximum absolute atomic E-state index is 5.74. The lowest BCUT2D eigenvalue weighted by Gasteiger charge is -2.19. The third-order valence-electron chi connectivity index (χ3n) is 3.15. The Bertz CT molecular complexity index is 449. The van der Waals surface area contributed by atoms with Gasteiger partial charge in [-0.05, 0) is 31.5 Å². The second kappa shape index (κ2) is 6.33. The molecule has 112 valence electrons. The van der Waals surface area contributed by atoms with Crippen LogP contribution < -0.4 is 20.5 Å². The average Bonchev–Trinajstić information content (AvgIpc) is 2.69. The van der Waals surface area contributed by atoms with Crippen LogP contribution in [0, 0.1) is 0 Å². The largest absolute Gasteiger partial charge is 0.449 e. The van der Waals surface area contributed by atoms with E-state index >= 15 is 0 Å². The van der Waals surface area contributed by atoms with Crippen LogP contribution in [-0.2, 0) is 4.74 Å². The number of nitrogens with two attached hydrogens (primary N) is 1. The van der Waals surface area contributed by atoms with Crippen LogP contribution >= 0.6 is 0 Å². The number of rotatable bonds is 7. The van der Waals surface area contributed by atoms with Gasteiger partial charge in [0, 0.05) is 38.8 Å². The molecule has 2 rings (SSSR count). The van der Waals surface area contributed by atoms with Crippen molar-refractivity contribution in [3.8, 4) is 11.5 Å². The highest BCUT2D eigenvalue weighted by Gasteiger charge is 2.31. The normalized spacial score (nSPS) is 17.0. The van der Waals surface area contributed by atoms with Gasteiger partial charge in [0.05, 0.1) is 6.61 Å². The summed E-state index contributed by atoms with van der Waals surface area (Å²) in [6.45, 7) is 5.14. The van der Waals surface area contributed by atoms with E-state index in [1.54, 1.807) is 7.11 Å². The molecule has 1 heterocycles. The average molecular weight is 280 g/mol. The quantitative estimate of drug-likeness (QED) is 0.802. The number of hydrogen-bond donors (Lipinski definition) is 2. The van der Waals surface area contributed by atoms with E-state index in [1.165, 1.54) is 0 Å². The molecule has 1 atom stereocenters. The van der Waals surface area contributed by atoms with Crippen LogP contribution in [0.5, 0.6) is 11.5 Å². The molecule has 1 aliphatic heterocycles. The maximum Gasteiger partial charge on any atom is 0.246 e. The summed E-state index contributed by atoms with van der Waals surface area (Å²) in [7, 11) is 1.71. The molecule has 0 fully saturated rings. The van der Waals surface area contributed by atoms with E-state index in [4.69, 9.17) is 19.9 Å². The maximum atomic E-state index is 5.74. The Morgan fingerprint density at radius 2 is 2.05 bits per heavy atom. The van der Waals surface area contributed by atoms with E-state index in [2.05, 4.69) is 5.32 Å². The summed E-state index contributed by atoms with van der Waals surface area (Å²) < 4.78 is 16.7. The molecule has 5 nitrogen and oxygen atoms in total. The minimum atomic E-state index is -0.591. The van der Waals surface area contributed by atoms with Gasteiger partial charge in [-0.15, -0.1) is 0 Å². The van der Waals surface area contributed by atoms with Crippen molar-refractivity contribution in [3.05, 3.63) is 18.2 Å². The third kappa shape index (κ3) is 3.77. The Kier molecular flexibility index (Phi) is 4.73. The van der Waals surface area contributed by atoms with Gasteiger partial charge in [-0.25, -0.2) is 0 Å². The second-order valence-electron chi connectivity index (χ2n) is 5.49. The van der Waals surface area contributed by atoms with E-state index in [9.17, 15) is 0 Å². The molecule has 0 saturated carbocycles. The highest BCUT2D eigenvalue weighted by Crippen LogP contribution is 2.40. The van der Waals surface area contributed by atoms with Gasteiger partial charge in [-0.1, -0.05) is 0 Å². The van der Waals surface area contributed by atoms with Gasteiger partial charge < -0.3 is 25.3 Å². The fourth-order valence-corrected chi connectivity index (χ4v) is 2.31. The molecule has 1 aromatic carbocycles. The van der Waals surface area contributed by atoms with Crippen molar-refractivity contribution < 1.29 is 14.2 Å². The number of hydrogen-bond acceptors (Lipinski definition) is 5. The standard InChI is InChI=1S/C15H24N2O3/c1-15(2)19-13-7-6-11(9-14(13)20-15)17-12(10-18-3)5-4-8-16/h6-7,9,12,17H,4-5,8,10,16H2,1-3H3. The first-order valence-corrected chi connectivity index (χ1v) is 7.01. The van der Waals surface area contributed by atoms with Crippen LogP contribution in [0.3, 0.4) is 0 Å². The zero-order chi connectivity index (χ0) is 14.6. The zero-order valence-electron chi connectivity index (χ0n) is 12.4. The third-order valence-corrected chi connectivity index (χ3v) is 3.15. The molecule has 0 aromatic heterocycles. The molecule has 20 heavy (non-hydrogen) atoms. The SMILES string of the molecule is COCC(CCCN)Nc1ccc2c(c1)OC(C)(C)O2. The Morgan fingerprint density at radius 3 is 2.75 bits per heavy atom. The van der Waals surface area contributed by atoms with Crippen LogP contribution in [0.4, 0.5) is 5.69 Å². The van der Waals surface area contributed by atoms with Crippen molar-refractivity contribution in [1.29, 1.82) is 0 Å². The molecule has 0 radical (unpaired) electrons. The van der Waals surface area contributed by atoms with Gasteiger partial charge in [-0.2, -0.15) is 0 Å². The summed E-state index contributed by atoms with van der Waals surface area (Å²) in [5.41, 5.74) is 6.57. The predicted octanol–water partition coefficient (Wildman–Crippen LogP) is 2.36. The van der Waals surface area contributed by atoms with Crippen molar-refractivity contribution in [1.82, 2.24) is 0 Å². The number of nitrogens with one attached hydrogen (secondary N) is 1. The minimum Gasteiger partial charge on any atom is -0.449 e. The van der Waals surface area contributed by atoms with E-state index in [-0.39, 0.29) is 6.04 Å². The molecule has 1 unspecified atom stereocenters. The lowest BCUT2D eigenvalue weighted by atomic mass is 10.1. The molecule has 3 N–H and O–H groups in total. The monoisotopic (exact) mass is 280 g/mol. The lowest BCUT2D eigenvalue weighted by molar-refractivity contribution is -0.0431. The van der Waals surface area contributed by atoms with Crippen molar-refractivity contribution >= 4 is 5.69 Å². The molecule has 0 aliphatic carbocycles. The summed E-state index contributed by atoms with van der Waals surface area (Å²) >= 11 is 0. The number of anilines is 1. The molecular formula is C15H24N2O3. The first-order valence-electron chi connectivity index (χ1n) is 7.01. The van der Waals surface area contributed by atoms with Gasteiger partial charge >= 0.3 is 0 Å². The summed E-state index contributed by atoms with van der Waals surface area (Å²) in [6.07, 6.45) is 1.95. The van der Waals surface area contributed by atoms with Crippen LogP contribution in [0.25, 0.3) is 0 Å². The Labute approximate surface area is 120 Å². The van der Waals surface area contributed by atoms with Crippen LogP contribution in [0.1, 0.15) is 26.7 Å². The van der Waals surface area contributed by atoms with E-state index < -0.39 is 5.79 Å². The topological polar surface area (TPSA) is 65.7 Å². The molecule has 0 spiro atoms. The Balaban J connectivity index is 2.03. The van der Waals surface area contributed by atoms with Crippen LogP contribution in [0.15, 0.2) is 18.2 Å². The summed E-state index contributed by atoms with van der Waals surface area (Å²) in [6, 6.07) is 6.14. The predicted molar refractivity (Wildman–Crippen MR) is 79.4 cm³/mol. The van der Waals surface area contributed by atoms with Crippen LogP contribution in [-0.4, -0.2) is 32.1 Å². The minimum absolute atomic E-state index is 0.247. The van der Waals surface area contributed by atoms with Gasteiger partial charge in [0.15, 0.2) is 11.5 Å². The van der Waals surface area contributed by atoms with Gasteiger partial charge in [0.2, 0.25) is 5.79 Å². The molecule has 0 amide bonds. The van der Waals surface area contributed by atoms with Crippen molar-refractivity contribution in [3.63, 3.8) is 0 Å². The van der Waals surface area contributed by atoms with E-state index in [0.29, 0.717) is 13.2 Å². The summed E-state index contributed by atoms with van der Waals surface area (Å²) in [4.78, 5) is 0.